The van der Waals surface area contributed by atoms with Crippen LogP contribution in [0.5, 0.6) is 0 Å². The molecule has 1 fully saturated rings. The zero-order valence-corrected chi connectivity index (χ0v) is 9.94. The molecule has 1 N–H and O–H groups in total. The summed E-state index contributed by atoms with van der Waals surface area (Å²) < 4.78 is 10.2. The zero-order valence-electron chi connectivity index (χ0n) is 9.12. The minimum Gasteiger partial charge on any atom is -0.355 e. The lowest BCUT2D eigenvalue weighted by molar-refractivity contribution is -0.0986. The summed E-state index contributed by atoms with van der Waals surface area (Å²) >= 11 is 2.09. The van der Waals surface area contributed by atoms with Gasteiger partial charge in [0.1, 0.15) is 0 Å². The Bertz CT molecular complexity index is 136. The maximum atomic E-state index is 5.10. The second kappa shape index (κ2) is 7.51. The summed E-state index contributed by atoms with van der Waals surface area (Å²) in [5.74, 6) is 1.32. The largest absolute Gasteiger partial charge is 0.355 e. The highest BCUT2D eigenvalue weighted by atomic mass is 32.2. The first-order valence-electron chi connectivity index (χ1n) is 5.24. The molecule has 84 valence electrons. The zero-order chi connectivity index (χ0) is 10.2. The van der Waals surface area contributed by atoms with Gasteiger partial charge < -0.3 is 14.8 Å². The van der Waals surface area contributed by atoms with Gasteiger partial charge in [-0.1, -0.05) is 6.42 Å². The van der Waals surface area contributed by atoms with Gasteiger partial charge in [-0.2, -0.15) is 11.8 Å². The smallest absolute Gasteiger partial charge is 0.169 e. The van der Waals surface area contributed by atoms with Crippen LogP contribution in [-0.4, -0.2) is 44.6 Å². The number of thioether (sulfide) groups is 1. The van der Waals surface area contributed by atoms with Crippen LogP contribution in [0.15, 0.2) is 0 Å². The lowest BCUT2D eigenvalue weighted by Crippen LogP contribution is -2.34. The molecule has 14 heavy (non-hydrogen) atoms. The van der Waals surface area contributed by atoms with Gasteiger partial charge in [0.25, 0.3) is 0 Å². The highest BCUT2D eigenvalue weighted by Gasteiger charge is 2.13. The van der Waals surface area contributed by atoms with Crippen LogP contribution < -0.4 is 5.32 Å². The molecule has 0 aliphatic carbocycles. The summed E-state index contributed by atoms with van der Waals surface area (Å²) in [6.07, 6.45) is 4.02. The van der Waals surface area contributed by atoms with Gasteiger partial charge in [-0.3, -0.25) is 0 Å². The number of nitrogens with one attached hydrogen (secondary N) is 1. The molecule has 3 nitrogen and oxygen atoms in total. The van der Waals surface area contributed by atoms with Crippen LogP contribution in [0.4, 0.5) is 0 Å². The molecule has 0 spiro atoms. The van der Waals surface area contributed by atoms with E-state index in [4.69, 9.17) is 9.47 Å². The quantitative estimate of drug-likeness (QED) is 0.686. The number of ether oxygens (including phenoxy) is 2. The Morgan fingerprint density at radius 1 is 1.36 bits per heavy atom. The van der Waals surface area contributed by atoms with Crippen LogP contribution in [-0.2, 0) is 9.47 Å². The number of hydrogen-bond donors (Lipinski definition) is 1. The van der Waals surface area contributed by atoms with Crippen molar-refractivity contribution in [3.63, 3.8) is 0 Å². The fourth-order valence-electron chi connectivity index (χ4n) is 1.59. The molecular weight excluding hydrogens is 198 g/mol. The molecule has 0 amide bonds. The van der Waals surface area contributed by atoms with Gasteiger partial charge in [-0.05, 0) is 18.6 Å². The van der Waals surface area contributed by atoms with Crippen molar-refractivity contribution in [2.45, 2.75) is 30.8 Å². The molecule has 0 aromatic heterocycles. The fraction of sp³-hybridized carbons (Fsp3) is 1.00. The SMILES string of the molecule is COC(CNCC1CCCCS1)OC. The maximum Gasteiger partial charge on any atom is 0.169 e. The van der Waals surface area contributed by atoms with Gasteiger partial charge in [0.05, 0.1) is 0 Å². The van der Waals surface area contributed by atoms with Crippen molar-refractivity contribution >= 4 is 11.8 Å². The molecule has 1 atom stereocenters. The van der Waals surface area contributed by atoms with Gasteiger partial charge in [-0.15, -0.1) is 0 Å². The molecule has 1 rings (SSSR count). The van der Waals surface area contributed by atoms with Crippen molar-refractivity contribution in [1.82, 2.24) is 5.32 Å². The topological polar surface area (TPSA) is 30.5 Å². The standard InChI is InChI=1S/C10H21NO2S/c1-12-10(13-2)8-11-7-9-5-3-4-6-14-9/h9-11H,3-8H2,1-2H3. The minimum absolute atomic E-state index is 0.108. The Labute approximate surface area is 90.9 Å². The molecule has 0 saturated carbocycles. The third kappa shape index (κ3) is 4.64. The molecule has 1 saturated heterocycles. The Morgan fingerprint density at radius 3 is 2.71 bits per heavy atom. The minimum atomic E-state index is -0.108. The lowest BCUT2D eigenvalue weighted by atomic mass is 10.2. The van der Waals surface area contributed by atoms with Crippen LogP contribution in [0.3, 0.4) is 0 Å². The third-order valence-corrected chi connectivity index (χ3v) is 3.88. The van der Waals surface area contributed by atoms with Crippen LogP contribution in [0.25, 0.3) is 0 Å². The van der Waals surface area contributed by atoms with E-state index >= 15 is 0 Å². The van der Waals surface area contributed by atoms with Crippen LogP contribution in [0.1, 0.15) is 19.3 Å². The Hall–Kier alpha value is 0.230. The molecule has 4 heteroatoms. The predicted octanol–water partition coefficient (Wildman–Crippen LogP) is 1.48. The monoisotopic (exact) mass is 219 g/mol. The van der Waals surface area contributed by atoms with Crippen LogP contribution in [0.2, 0.25) is 0 Å². The third-order valence-electron chi connectivity index (χ3n) is 2.48. The van der Waals surface area contributed by atoms with Crippen molar-refractivity contribution in [3.8, 4) is 0 Å². The van der Waals surface area contributed by atoms with E-state index in [0.29, 0.717) is 0 Å². The molecule has 0 aromatic carbocycles. The first kappa shape index (κ1) is 12.3. The molecule has 1 aliphatic heterocycles. The average molecular weight is 219 g/mol. The molecule has 0 bridgehead atoms. The highest BCUT2D eigenvalue weighted by Crippen LogP contribution is 2.24. The Morgan fingerprint density at radius 2 is 2.14 bits per heavy atom. The van der Waals surface area contributed by atoms with Gasteiger partial charge in [-0.25, -0.2) is 0 Å². The van der Waals surface area contributed by atoms with E-state index in [9.17, 15) is 0 Å². The van der Waals surface area contributed by atoms with E-state index < -0.39 is 0 Å². The van der Waals surface area contributed by atoms with E-state index in [1.54, 1.807) is 14.2 Å². The van der Waals surface area contributed by atoms with Crippen molar-refractivity contribution in [2.24, 2.45) is 0 Å². The van der Waals surface area contributed by atoms with Crippen LogP contribution >= 0.6 is 11.8 Å². The van der Waals surface area contributed by atoms with E-state index in [2.05, 4.69) is 17.1 Å². The van der Waals surface area contributed by atoms with E-state index in [-0.39, 0.29) is 6.29 Å². The molecule has 1 heterocycles. The van der Waals surface area contributed by atoms with Crippen molar-refractivity contribution < 1.29 is 9.47 Å². The Kier molecular flexibility index (Phi) is 6.60. The molecule has 1 aliphatic rings. The van der Waals surface area contributed by atoms with Crippen molar-refractivity contribution in [3.05, 3.63) is 0 Å². The molecule has 0 aromatic rings. The second-order valence-electron chi connectivity index (χ2n) is 3.55. The van der Waals surface area contributed by atoms with Gasteiger partial charge in [0.2, 0.25) is 0 Å². The Balaban J connectivity index is 2.01. The number of hydrogen-bond acceptors (Lipinski definition) is 4. The summed E-state index contributed by atoms with van der Waals surface area (Å²) in [6.45, 7) is 1.86. The second-order valence-corrected chi connectivity index (χ2v) is 4.96. The normalized spacial score (nSPS) is 22.9. The highest BCUT2D eigenvalue weighted by molar-refractivity contribution is 7.99. The summed E-state index contributed by atoms with van der Waals surface area (Å²) in [5.41, 5.74) is 0. The summed E-state index contributed by atoms with van der Waals surface area (Å²) in [7, 11) is 3.34. The van der Waals surface area contributed by atoms with E-state index in [1.165, 1.54) is 25.0 Å². The molecular formula is C10H21NO2S. The van der Waals surface area contributed by atoms with Crippen molar-refractivity contribution in [2.75, 3.05) is 33.1 Å². The van der Waals surface area contributed by atoms with Gasteiger partial charge in [0.15, 0.2) is 6.29 Å². The predicted molar refractivity (Wildman–Crippen MR) is 60.8 cm³/mol. The summed E-state index contributed by atoms with van der Waals surface area (Å²) in [5, 5.41) is 4.18. The molecule has 1 unspecified atom stereocenters. The number of rotatable bonds is 6. The fourth-order valence-corrected chi connectivity index (χ4v) is 2.87. The van der Waals surface area contributed by atoms with E-state index in [1.807, 2.05) is 0 Å². The average Bonchev–Trinajstić information content (AvgIpc) is 2.26. The summed E-state index contributed by atoms with van der Waals surface area (Å²) in [6, 6.07) is 0. The summed E-state index contributed by atoms with van der Waals surface area (Å²) in [4.78, 5) is 0. The maximum absolute atomic E-state index is 5.10. The lowest BCUT2D eigenvalue weighted by Gasteiger charge is -2.22. The number of methoxy groups -OCH3 is 2. The first-order valence-corrected chi connectivity index (χ1v) is 6.29. The van der Waals surface area contributed by atoms with Crippen molar-refractivity contribution in [1.29, 1.82) is 0 Å². The van der Waals surface area contributed by atoms with Gasteiger partial charge >= 0.3 is 0 Å². The first-order chi connectivity index (χ1) is 6.86. The van der Waals surface area contributed by atoms with E-state index in [0.717, 1.165) is 18.3 Å². The van der Waals surface area contributed by atoms with Crippen LogP contribution in [0, 0.1) is 0 Å². The van der Waals surface area contributed by atoms with Gasteiger partial charge in [0, 0.05) is 32.6 Å². The molecule has 0 radical (unpaired) electrons.